The first kappa shape index (κ1) is 18.7. The van der Waals surface area contributed by atoms with Crippen LogP contribution in [0.5, 0.6) is 0 Å². The van der Waals surface area contributed by atoms with Crippen molar-refractivity contribution < 1.29 is 23.1 Å². The van der Waals surface area contributed by atoms with Gasteiger partial charge in [0.15, 0.2) is 0 Å². The third-order valence-corrected chi connectivity index (χ3v) is 3.16. The average molecular weight is 309 g/mol. The van der Waals surface area contributed by atoms with Gasteiger partial charge in [0.1, 0.15) is 0 Å². The van der Waals surface area contributed by atoms with Gasteiger partial charge in [0, 0.05) is 13.1 Å². The summed E-state index contributed by atoms with van der Waals surface area (Å²) in [7, 11) is -3.63. The highest BCUT2D eigenvalue weighted by molar-refractivity contribution is 7.89. The molecule has 0 aliphatic carbocycles. The van der Waals surface area contributed by atoms with E-state index in [1.165, 1.54) is 0 Å². The number of amides is 2. The Kier molecular flexibility index (Phi) is 6.94. The number of hydrogen-bond donors (Lipinski definition) is 4. The standard InChI is InChI=1S/C11H23N3O5S/c1-11(2,3)6-8(9(15)16)7-14-10(17)13-4-5-20(12,18)19/h8H,4-7H2,1-3H3,(H,15,16)(H2,12,18,19)(H2,13,14,17). The molecule has 0 radical (unpaired) electrons. The van der Waals surface area contributed by atoms with Crippen molar-refractivity contribution in [3.8, 4) is 0 Å². The molecule has 2 amide bonds. The number of hydrogen-bond acceptors (Lipinski definition) is 4. The van der Waals surface area contributed by atoms with Gasteiger partial charge in [0.2, 0.25) is 10.0 Å². The molecule has 8 nitrogen and oxygen atoms in total. The van der Waals surface area contributed by atoms with E-state index in [1.54, 1.807) is 0 Å². The highest BCUT2D eigenvalue weighted by Gasteiger charge is 2.24. The highest BCUT2D eigenvalue weighted by Crippen LogP contribution is 2.24. The van der Waals surface area contributed by atoms with Crippen LogP contribution in [-0.4, -0.2) is 44.4 Å². The number of carboxylic acids is 1. The molecule has 118 valence electrons. The fraction of sp³-hybridized carbons (Fsp3) is 0.818. The summed E-state index contributed by atoms with van der Waals surface area (Å²) < 4.78 is 21.3. The number of sulfonamides is 1. The summed E-state index contributed by atoms with van der Waals surface area (Å²) in [5.41, 5.74) is -0.172. The number of nitrogens with two attached hydrogens (primary N) is 1. The summed E-state index contributed by atoms with van der Waals surface area (Å²) in [6.07, 6.45) is 0.416. The Morgan fingerprint density at radius 1 is 1.25 bits per heavy atom. The lowest BCUT2D eigenvalue weighted by Crippen LogP contribution is -2.42. The SMILES string of the molecule is CC(C)(C)CC(CNC(=O)NCCS(N)(=O)=O)C(=O)O. The molecule has 20 heavy (non-hydrogen) atoms. The molecule has 0 heterocycles. The van der Waals surface area contributed by atoms with Gasteiger partial charge in [-0.1, -0.05) is 20.8 Å². The molecule has 0 saturated heterocycles. The minimum Gasteiger partial charge on any atom is -0.481 e. The molecule has 0 fully saturated rings. The molecule has 0 aromatic rings. The first-order valence-electron chi connectivity index (χ1n) is 6.16. The Hall–Kier alpha value is -1.35. The summed E-state index contributed by atoms with van der Waals surface area (Å²) in [6.45, 7) is 5.59. The van der Waals surface area contributed by atoms with E-state index in [0.29, 0.717) is 6.42 Å². The summed E-state index contributed by atoms with van der Waals surface area (Å²) in [4.78, 5) is 22.4. The Labute approximate surface area is 119 Å². The summed E-state index contributed by atoms with van der Waals surface area (Å²) >= 11 is 0. The monoisotopic (exact) mass is 309 g/mol. The van der Waals surface area contributed by atoms with Gasteiger partial charge in [-0.15, -0.1) is 0 Å². The van der Waals surface area contributed by atoms with Crippen molar-refractivity contribution in [1.82, 2.24) is 10.6 Å². The van der Waals surface area contributed by atoms with Crippen LogP contribution in [0.3, 0.4) is 0 Å². The second-order valence-corrected chi connectivity index (χ2v) is 7.54. The van der Waals surface area contributed by atoms with Crippen LogP contribution < -0.4 is 15.8 Å². The summed E-state index contributed by atoms with van der Waals surface area (Å²) in [6, 6.07) is -0.617. The normalized spacial score (nSPS) is 13.6. The fourth-order valence-corrected chi connectivity index (χ4v) is 1.96. The minimum atomic E-state index is -3.63. The molecule has 0 aromatic heterocycles. The summed E-state index contributed by atoms with van der Waals surface area (Å²) in [5, 5.41) is 18.5. The minimum absolute atomic E-state index is 0.0200. The molecule has 0 aliphatic heterocycles. The fourth-order valence-electron chi connectivity index (χ4n) is 1.57. The van der Waals surface area contributed by atoms with Crippen molar-refractivity contribution in [3.63, 3.8) is 0 Å². The van der Waals surface area contributed by atoms with Gasteiger partial charge in [0.05, 0.1) is 11.7 Å². The number of carboxylic acid groups (broad SMARTS) is 1. The second kappa shape index (κ2) is 7.44. The lowest BCUT2D eigenvalue weighted by Gasteiger charge is -2.23. The van der Waals surface area contributed by atoms with Crippen molar-refractivity contribution in [2.24, 2.45) is 16.5 Å². The van der Waals surface area contributed by atoms with Gasteiger partial charge in [-0.05, 0) is 11.8 Å². The van der Waals surface area contributed by atoms with Gasteiger partial charge in [-0.3, -0.25) is 4.79 Å². The topological polar surface area (TPSA) is 139 Å². The molecule has 1 atom stereocenters. The molecule has 0 aliphatic rings. The average Bonchev–Trinajstić information content (AvgIpc) is 2.20. The molecular weight excluding hydrogens is 286 g/mol. The first-order valence-corrected chi connectivity index (χ1v) is 7.87. The van der Waals surface area contributed by atoms with Crippen molar-refractivity contribution in [1.29, 1.82) is 0 Å². The van der Waals surface area contributed by atoms with Crippen LogP contribution in [0.4, 0.5) is 4.79 Å². The van der Waals surface area contributed by atoms with Crippen LogP contribution in [0.2, 0.25) is 0 Å². The maximum Gasteiger partial charge on any atom is 0.314 e. The molecule has 0 rings (SSSR count). The number of carbonyl (C=O) groups is 2. The lowest BCUT2D eigenvalue weighted by molar-refractivity contribution is -0.142. The van der Waals surface area contributed by atoms with Crippen LogP contribution in [0.25, 0.3) is 0 Å². The quantitative estimate of drug-likeness (QED) is 0.512. The number of urea groups is 1. The van der Waals surface area contributed by atoms with E-state index in [1.807, 2.05) is 20.8 Å². The third-order valence-electron chi connectivity index (χ3n) is 2.39. The Morgan fingerprint density at radius 3 is 2.20 bits per heavy atom. The molecule has 5 N–H and O–H groups in total. The smallest absolute Gasteiger partial charge is 0.314 e. The lowest BCUT2D eigenvalue weighted by atomic mass is 9.84. The van der Waals surface area contributed by atoms with Gasteiger partial charge >= 0.3 is 12.0 Å². The highest BCUT2D eigenvalue weighted by atomic mass is 32.2. The van der Waals surface area contributed by atoms with Gasteiger partial charge in [-0.25, -0.2) is 18.4 Å². The van der Waals surface area contributed by atoms with Crippen LogP contribution >= 0.6 is 0 Å². The number of nitrogens with one attached hydrogen (secondary N) is 2. The van der Waals surface area contributed by atoms with Crippen molar-refractivity contribution in [3.05, 3.63) is 0 Å². The molecule has 0 saturated carbocycles. The van der Waals surface area contributed by atoms with Crippen molar-refractivity contribution >= 4 is 22.0 Å². The van der Waals surface area contributed by atoms with Gasteiger partial charge in [0.25, 0.3) is 0 Å². The van der Waals surface area contributed by atoms with Crippen LogP contribution in [0.1, 0.15) is 27.2 Å². The first-order chi connectivity index (χ1) is 8.91. The maximum atomic E-state index is 11.4. The van der Waals surface area contributed by atoms with Crippen LogP contribution in [-0.2, 0) is 14.8 Å². The molecule has 0 aromatic carbocycles. The second-order valence-electron chi connectivity index (χ2n) is 5.80. The van der Waals surface area contributed by atoms with Crippen LogP contribution in [0.15, 0.2) is 0 Å². The zero-order valence-electron chi connectivity index (χ0n) is 12.0. The van der Waals surface area contributed by atoms with Crippen molar-refractivity contribution in [2.45, 2.75) is 27.2 Å². The Morgan fingerprint density at radius 2 is 1.80 bits per heavy atom. The largest absolute Gasteiger partial charge is 0.481 e. The van der Waals surface area contributed by atoms with Crippen LogP contribution in [0, 0.1) is 11.3 Å². The summed E-state index contributed by atoms with van der Waals surface area (Å²) in [5.74, 6) is -2.05. The zero-order chi connectivity index (χ0) is 16.0. The van der Waals surface area contributed by atoms with E-state index in [9.17, 15) is 18.0 Å². The van der Waals surface area contributed by atoms with Gasteiger partial charge < -0.3 is 15.7 Å². The van der Waals surface area contributed by atoms with Crippen molar-refractivity contribution in [2.75, 3.05) is 18.8 Å². The zero-order valence-corrected chi connectivity index (χ0v) is 12.8. The molecule has 0 spiro atoms. The molecular formula is C11H23N3O5S. The predicted molar refractivity (Wildman–Crippen MR) is 74.6 cm³/mol. The maximum absolute atomic E-state index is 11.4. The molecule has 0 bridgehead atoms. The predicted octanol–water partition coefficient (Wildman–Crippen LogP) is -0.289. The Balaban J connectivity index is 4.16. The van der Waals surface area contributed by atoms with E-state index >= 15 is 0 Å². The van der Waals surface area contributed by atoms with E-state index < -0.39 is 27.9 Å². The number of aliphatic carboxylic acids is 1. The van der Waals surface area contributed by atoms with E-state index in [-0.39, 0.29) is 24.3 Å². The molecule has 1 unspecified atom stereocenters. The van der Waals surface area contributed by atoms with E-state index in [0.717, 1.165) is 0 Å². The number of carbonyl (C=O) groups excluding carboxylic acids is 1. The Bertz CT molecular complexity index is 441. The van der Waals surface area contributed by atoms with Gasteiger partial charge in [-0.2, -0.15) is 0 Å². The number of rotatable bonds is 7. The van der Waals surface area contributed by atoms with E-state index in [4.69, 9.17) is 10.2 Å². The van der Waals surface area contributed by atoms with E-state index in [2.05, 4.69) is 10.6 Å². The number of primary sulfonamides is 1. The third kappa shape index (κ3) is 10.6. The molecule has 9 heteroatoms.